The van der Waals surface area contributed by atoms with Crippen LogP contribution < -0.4 is 21.7 Å². The van der Waals surface area contributed by atoms with Crippen LogP contribution in [0.1, 0.15) is 12.5 Å². The lowest BCUT2D eigenvalue weighted by molar-refractivity contribution is -0.144. The summed E-state index contributed by atoms with van der Waals surface area (Å²) in [5, 5.41) is 44.1. The van der Waals surface area contributed by atoms with Gasteiger partial charge in [0, 0.05) is 12.2 Å². The SMILES string of the molecule is CC(O)C(NC(=O)C(Cc1ccc(O)cc1)NC(=O)C(N)CS)C(=O)NC(CO)C(=O)O. The van der Waals surface area contributed by atoms with Crippen LogP contribution in [-0.4, -0.2) is 86.7 Å². The van der Waals surface area contributed by atoms with E-state index in [9.17, 15) is 29.4 Å². The number of carbonyl (C=O) groups excluding carboxylic acids is 3. The van der Waals surface area contributed by atoms with Crippen LogP contribution in [0.2, 0.25) is 0 Å². The highest BCUT2D eigenvalue weighted by molar-refractivity contribution is 7.80. The largest absolute Gasteiger partial charge is 0.508 e. The number of carbonyl (C=O) groups is 4. The van der Waals surface area contributed by atoms with Gasteiger partial charge in [0.25, 0.3) is 0 Å². The van der Waals surface area contributed by atoms with E-state index in [0.717, 1.165) is 0 Å². The molecule has 0 radical (unpaired) electrons. The van der Waals surface area contributed by atoms with E-state index in [-0.39, 0.29) is 17.9 Å². The second-order valence-electron chi connectivity index (χ2n) is 7.03. The fraction of sp³-hybridized carbons (Fsp3) is 0.474. The first-order chi connectivity index (χ1) is 15.0. The van der Waals surface area contributed by atoms with Crippen molar-refractivity contribution in [1.82, 2.24) is 16.0 Å². The third-order valence-electron chi connectivity index (χ3n) is 4.40. The van der Waals surface area contributed by atoms with E-state index in [1.165, 1.54) is 31.2 Å². The fourth-order valence-electron chi connectivity index (χ4n) is 2.54. The maximum atomic E-state index is 12.9. The number of carboxylic acids is 1. The fourth-order valence-corrected chi connectivity index (χ4v) is 2.71. The molecule has 12 nitrogen and oxygen atoms in total. The van der Waals surface area contributed by atoms with Crippen LogP contribution in [0, 0.1) is 0 Å². The molecule has 1 rings (SSSR count). The molecule has 32 heavy (non-hydrogen) atoms. The maximum absolute atomic E-state index is 12.9. The van der Waals surface area contributed by atoms with Crippen molar-refractivity contribution in [3.05, 3.63) is 29.8 Å². The number of thiol groups is 1. The Labute approximate surface area is 189 Å². The van der Waals surface area contributed by atoms with Gasteiger partial charge in [-0.2, -0.15) is 12.6 Å². The van der Waals surface area contributed by atoms with Gasteiger partial charge >= 0.3 is 5.97 Å². The first kappa shape index (κ1) is 27.2. The predicted octanol–water partition coefficient (Wildman–Crippen LogP) is -2.90. The van der Waals surface area contributed by atoms with E-state index >= 15 is 0 Å². The Balaban J connectivity index is 3.05. The van der Waals surface area contributed by atoms with Gasteiger partial charge in [0.2, 0.25) is 17.7 Å². The van der Waals surface area contributed by atoms with Gasteiger partial charge in [0.15, 0.2) is 0 Å². The van der Waals surface area contributed by atoms with Gasteiger partial charge in [0.05, 0.1) is 18.8 Å². The molecule has 5 atom stereocenters. The number of aromatic hydroxyl groups is 1. The lowest BCUT2D eigenvalue weighted by Crippen LogP contribution is -2.60. The van der Waals surface area contributed by atoms with E-state index < -0.39 is 60.6 Å². The second-order valence-corrected chi connectivity index (χ2v) is 7.39. The number of phenolic OH excluding ortho intramolecular Hbond substituents is 1. The Bertz CT molecular complexity index is 805. The van der Waals surface area contributed by atoms with Gasteiger partial charge in [0.1, 0.15) is 23.9 Å². The Morgan fingerprint density at radius 1 is 1.00 bits per heavy atom. The number of phenols is 1. The number of amides is 3. The summed E-state index contributed by atoms with van der Waals surface area (Å²) in [7, 11) is 0. The molecule has 0 bridgehead atoms. The number of benzene rings is 1. The number of nitrogens with two attached hydrogens (primary N) is 1. The van der Waals surface area contributed by atoms with E-state index in [1.54, 1.807) is 0 Å². The summed E-state index contributed by atoms with van der Waals surface area (Å²) in [5.41, 5.74) is 6.20. The van der Waals surface area contributed by atoms with Crippen molar-refractivity contribution >= 4 is 36.3 Å². The third kappa shape index (κ3) is 8.34. The lowest BCUT2D eigenvalue weighted by Gasteiger charge is -2.26. The number of rotatable bonds is 12. The molecule has 0 aromatic heterocycles. The summed E-state index contributed by atoms with van der Waals surface area (Å²) in [4.78, 5) is 48.5. The quantitative estimate of drug-likeness (QED) is 0.143. The molecule has 0 fully saturated rings. The first-order valence-electron chi connectivity index (χ1n) is 9.57. The normalized spacial score (nSPS) is 15.5. The number of nitrogens with one attached hydrogen (secondary N) is 3. The maximum Gasteiger partial charge on any atom is 0.328 e. The van der Waals surface area contributed by atoms with Gasteiger partial charge in [-0.1, -0.05) is 12.1 Å². The highest BCUT2D eigenvalue weighted by Crippen LogP contribution is 2.12. The highest BCUT2D eigenvalue weighted by Gasteiger charge is 2.32. The Kier molecular flexibility index (Phi) is 10.9. The van der Waals surface area contributed by atoms with Gasteiger partial charge in [-0.25, -0.2) is 4.79 Å². The molecular formula is C19H28N4O8S. The molecular weight excluding hydrogens is 444 g/mol. The minimum Gasteiger partial charge on any atom is -0.508 e. The molecule has 1 aromatic rings. The zero-order valence-corrected chi connectivity index (χ0v) is 18.2. The molecule has 0 aliphatic carbocycles. The van der Waals surface area contributed by atoms with Crippen molar-refractivity contribution < 1.29 is 39.6 Å². The van der Waals surface area contributed by atoms with Crippen LogP contribution >= 0.6 is 12.6 Å². The average molecular weight is 473 g/mol. The topological polar surface area (TPSA) is 211 Å². The van der Waals surface area contributed by atoms with Crippen molar-refractivity contribution in [2.24, 2.45) is 5.73 Å². The monoisotopic (exact) mass is 472 g/mol. The molecule has 13 heteroatoms. The zero-order chi connectivity index (χ0) is 24.4. The predicted molar refractivity (Wildman–Crippen MR) is 116 cm³/mol. The summed E-state index contributed by atoms with van der Waals surface area (Å²) in [6.07, 6.45) is -1.48. The first-order valence-corrected chi connectivity index (χ1v) is 10.2. The highest BCUT2D eigenvalue weighted by atomic mass is 32.1. The molecule has 9 N–H and O–H groups in total. The van der Waals surface area contributed by atoms with E-state index in [4.69, 9.17) is 15.9 Å². The standard InChI is InChI=1S/C19H28N4O8S/c1-9(25)15(18(29)22-14(7-24)19(30)31)23-17(28)13(21-16(27)12(20)8-32)6-10-2-4-11(26)5-3-10/h2-5,9,12-15,24-26,32H,6-8,20H2,1H3,(H,21,27)(H,22,29)(H,23,28)(H,30,31). The number of carboxylic acid groups (broad SMARTS) is 1. The minimum absolute atomic E-state index is 0.00130. The van der Waals surface area contributed by atoms with Gasteiger partial charge in [-0.3, -0.25) is 14.4 Å². The van der Waals surface area contributed by atoms with Crippen LogP contribution in [0.5, 0.6) is 5.75 Å². The van der Waals surface area contributed by atoms with Gasteiger partial charge in [-0.15, -0.1) is 0 Å². The molecule has 0 aliphatic rings. The smallest absolute Gasteiger partial charge is 0.328 e. The van der Waals surface area contributed by atoms with E-state index in [0.29, 0.717) is 5.56 Å². The number of aliphatic carboxylic acids is 1. The molecule has 0 spiro atoms. The van der Waals surface area contributed by atoms with Crippen molar-refractivity contribution in [2.45, 2.75) is 43.6 Å². The van der Waals surface area contributed by atoms with Gasteiger partial charge in [-0.05, 0) is 24.6 Å². The van der Waals surface area contributed by atoms with Crippen LogP contribution in [0.15, 0.2) is 24.3 Å². The molecule has 1 aromatic carbocycles. The Morgan fingerprint density at radius 2 is 1.56 bits per heavy atom. The van der Waals surface area contributed by atoms with Crippen LogP contribution in [-0.2, 0) is 25.6 Å². The summed E-state index contributed by atoms with van der Waals surface area (Å²) >= 11 is 3.94. The summed E-state index contributed by atoms with van der Waals surface area (Å²) in [6.45, 7) is 0.298. The van der Waals surface area contributed by atoms with Crippen molar-refractivity contribution in [2.75, 3.05) is 12.4 Å². The minimum atomic E-state index is -1.64. The van der Waals surface area contributed by atoms with Crippen LogP contribution in [0.25, 0.3) is 0 Å². The molecule has 178 valence electrons. The number of aliphatic hydroxyl groups is 2. The van der Waals surface area contributed by atoms with Gasteiger partial charge < -0.3 is 42.1 Å². The zero-order valence-electron chi connectivity index (χ0n) is 17.3. The average Bonchev–Trinajstić information content (AvgIpc) is 2.75. The third-order valence-corrected chi connectivity index (χ3v) is 4.80. The summed E-state index contributed by atoms with van der Waals surface area (Å²) < 4.78 is 0. The molecule has 0 saturated heterocycles. The van der Waals surface area contributed by atoms with Crippen LogP contribution in [0.3, 0.4) is 0 Å². The van der Waals surface area contributed by atoms with E-state index in [2.05, 4.69) is 23.3 Å². The molecule has 0 aliphatic heterocycles. The van der Waals surface area contributed by atoms with Crippen molar-refractivity contribution in [3.63, 3.8) is 0 Å². The Hall–Kier alpha value is -2.87. The molecule has 5 unspecified atom stereocenters. The van der Waals surface area contributed by atoms with Crippen molar-refractivity contribution in [1.29, 1.82) is 0 Å². The summed E-state index contributed by atoms with van der Waals surface area (Å²) in [5.74, 6) is -4.07. The lowest BCUT2D eigenvalue weighted by atomic mass is 10.0. The van der Waals surface area contributed by atoms with Crippen molar-refractivity contribution in [3.8, 4) is 5.75 Å². The number of aliphatic hydroxyl groups excluding tert-OH is 2. The van der Waals surface area contributed by atoms with E-state index in [1.807, 2.05) is 5.32 Å². The Morgan fingerprint density at radius 3 is 2.03 bits per heavy atom. The summed E-state index contributed by atoms with van der Waals surface area (Å²) in [6, 6.07) is 0.382. The molecule has 0 saturated carbocycles. The second kappa shape index (κ2) is 12.9. The molecule has 0 heterocycles. The number of hydrogen-bond acceptors (Lipinski definition) is 9. The number of hydrogen-bond donors (Lipinski definition) is 9. The molecule has 3 amide bonds. The van der Waals surface area contributed by atoms with Crippen LogP contribution in [0.4, 0.5) is 0 Å².